The summed E-state index contributed by atoms with van der Waals surface area (Å²) in [4.78, 5) is 33.4. The molecule has 1 aliphatic rings. The monoisotopic (exact) mass is 403 g/mol. The predicted octanol–water partition coefficient (Wildman–Crippen LogP) is 3.70. The number of nitrogens with one attached hydrogen (secondary N) is 1. The van der Waals surface area contributed by atoms with Crippen molar-refractivity contribution in [3.63, 3.8) is 0 Å². The van der Waals surface area contributed by atoms with Gasteiger partial charge in [-0.3, -0.25) is 30.4 Å². The molecule has 1 saturated carbocycles. The van der Waals surface area contributed by atoms with Crippen molar-refractivity contribution < 1.29 is 19.4 Å². The SMILES string of the molecule is CCOC(=O)[C@]1(CCC#N)CCCC/C1=N/Nc1ccc([N+](=O)[O-])cc1[N+](=O)[O-]. The Morgan fingerprint density at radius 1 is 1.34 bits per heavy atom. The zero-order chi connectivity index (χ0) is 21.4. The minimum atomic E-state index is -1.06. The average molecular weight is 403 g/mol. The Morgan fingerprint density at radius 2 is 2.10 bits per heavy atom. The Hall–Kier alpha value is -3.55. The highest BCUT2D eigenvalue weighted by Gasteiger charge is 2.46. The van der Waals surface area contributed by atoms with Crippen LogP contribution in [0.2, 0.25) is 0 Å². The van der Waals surface area contributed by atoms with Gasteiger partial charge in [-0.1, -0.05) is 6.42 Å². The lowest BCUT2D eigenvalue weighted by Crippen LogP contribution is -2.43. The van der Waals surface area contributed by atoms with E-state index in [0.29, 0.717) is 18.6 Å². The van der Waals surface area contributed by atoms with Crippen LogP contribution in [0.15, 0.2) is 23.3 Å². The molecule has 0 radical (unpaired) electrons. The van der Waals surface area contributed by atoms with Crippen molar-refractivity contribution in [3.05, 3.63) is 38.4 Å². The van der Waals surface area contributed by atoms with Gasteiger partial charge in [0.15, 0.2) is 0 Å². The first-order valence-corrected chi connectivity index (χ1v) is 9.15. The molecule has 0 saturated heterocycles. The molecule has 1 aliphatic carbocycles. The third-order valence-corrected chi connectivity index (χ3v) is 4.85. The number of carbonyl (C=O) groups is 1. The molecule has 11 nitrogen and oxygen atoms in total. The Balaban J connectivity index is 2.42. The summed E-state index contributed by atoms with van der Waals surface area (Å²) < 4.78 is 5.23. The molecule has 0 unspecified atom stereocenters. The van der Waals surface area contributed by atoms with Crippen LogP contribution >= 0.6 is 0 Å². The lowest BCUT2D eigenvalue weighted by molar-refractivity contribution is -0.393. The highest BCUT2D eigenvalue weighted by atomic mass is 16.6. The number of benzene rings is 1. The molecule has 1 aromatic carbocycles. The molecule has 154 valence electrons. The van der Waals surface area contributed by atoms with Crippen molar-refractivity contribution in [1.29, 1.82) is 5.26 Å². The van der Waals surface area contributed by atoms with Crippen molar-refractivity contribution in [1.82, 2.24) is 0 Å². The van der Waals surface area contributed by atoms with Gasteiger partial charge >= 0.3 is 11.7 Å². The second-order valence-electron chi connectivity index (χ2n) is 6.55. The lowest BCUT2D eigenvalue weighted by Gasteiger charge is -2.35. The fraction of sp³-hybridized carbons (Fsp3) is 0.500. The number of carbonyl (C=O) groups excluding carboxylic acids is 1. The third-order valence-electron chi connectivity index (χ3n) is 4.85. The number of rotatable bonds is 8. The van der Waals surface area contributed by atoms with Crippen LogP contribution in [-0.4, -0.2) is 28.1 Å². The van der Waals surface area contributed by atoms with E-state index in [1.807, 2.05) is 6.07 Å². The van der Waals surface area contributed by atoms with Gasteiger partial charge in [-0.25, -0.2) is 0 Å². The highest BCUT2D eigenvalue weighted by molar-refractivity contribution is 6.07. The number of hydrazone groups is 1. The molecule has 0 aromatic heterocycles. The van der Waals surface area contributed by atoms with Gasteiger partial charge in [0, 0.05) is 12.5 Å². The topological polar surface area (TPSA) is 161 Å². The van der Waals surface area contributed by atoms with Crippen LogP contribution in [-0.2, 0) is 9.53 Å². The van der Waals surface area contributed by atoms with E-state index >= 15 is 0 Å². The van der Waals surface area contributed by atoms with E-state index in [1.54, 1.807) is 6.92 Å². The standard InChI is InChI=1S/C18H21N5O6/c1-2-29-17(24)18(10-5-11-19)9-4-3-6-16(18)21-20-14-8-7-13(22(25)26)12-15(14)23(27)28/h7-8,12,20H,2-6,9-10H2,1H3/b21-16-/t18-/m0/s1. The van der Waals surface area contributed by atoms with Crippen LogP contribution in [0.25, 0.3) is 0 Å². The van der Waals surface area contributed by atoms with E-state index in [4.69, 9.17) is 10.00 Å². The molecule has 1 atom stereocenters. The Morgan fingerprint density at radius 3 is 2.72 bits per heavy atom. The van der Waals surface area contributed by atoms with Crippen LogP contribution in [0.5, 0.6) is 0 Å². The molecule has 1 N–H and O–H groups in total. The van der Waals surface area contributed by atoms with Gasteiger partial charge < -0.3 is 4.74 Å². The molecule has 0 aliphatic heterocycles. The number of nitro groups is 2. The summed E-state index contributed by atoms with van der Waals surface area (Å²) in [6, 6.07) is 5.21. The summed E-state index contributed by atoms with van der Waals surface area (Å²) >= 11 is 0. The largest absolute Gasteiger partial charge is 0.465 e. The van der Waals surface area contributed by atoms with E-state index in [9.17, 15) is 25.0 Å². The predicted molar refractivity (Wildman–Crippen MR) is 103 cm³/mol. The fourth-order valence-electron chi connectivity index (χ4n) is 3.40. The number of anilines is 1. The highest BCUT2D eigenvalue weighted by Crippen LogP contribution is 2.40. The van der Waals surface area contributed by atoms with E-state index in [-0.39, 0.29) is 25.1 Å². The van der Waals surface area contributed by atoms with Gasteiger partial charge in [-0.2, -0.15) is 10.4 Å². The van der Waals surface area contributed by atoms with Crippen LogP contribution in [0.4, 0.5) is 17.1 Å². The maximum Gasteiger partial charge on any atom is 0.317 e. The van der Waals surface area contributed by atoms with Crippen molar-refractivity contribution >= 4 is 28.7 Å². The molecular weight excluding hydrogens is 382 g/mol. The summed E-state index contributed by atoms with van der Waals surface area (Å²) in [6.07, 6.45) is 2.85. The zero-order valence-electron chi connectivity index (χ0n) is 15.9. The molecule has 0 spiro atoms. The molecule has 1 aromatic rings. The molecular formula is C18H21N5O6. The molecule has 1 fully saturated rings. The molecule has 0 amide bonds. The quantitative estimate of drug-likeness (QED) is 0.390. The van der Waals surface area contributed by atoms with Crippen molar-refractivity contribution in [3.8, 4) is 6.07 Å². The minimum Gasteiger partial charge on any atom is -0.465 e. The van der Waals surface area contributed by atoms with E-state index in [2.05, 4.69) is 10.5 Å². The number of nitrogens with zero attached hydrogens (tertiary/aromatic N) is 4. The number of non-ortho nitro benzene ring substituents is 1. The maximum absolute atomic E-state index is 12.7. The number of hydrogen-bond acceptors (Lipinski definition) is 9. The summed E-state index contributed by atoms with van der Waals surface area (Å²) in [7, 11) is 0. The summed E-state index contributed by atoms with van der Waals surface area (Å²) in [6.45, 7) is 1.87. The molecule has 29 heavy (non-hydrogen) atoms. The Bertz CT molecular complexity index is 878. The van der Waals surface area contributed by atoms with Crippen molar-refractivity contribution in [2.24, 2.45) is 10.5 Å². The second kappa shape index (κ2) is 9.59. The zero-order valence-corrected chi connectivity index (χ0v) is 15.9. The first kappa shape index (κ1) is 21.7. The minimum absolute atomic E-state index is 0.0308. The first-order valence-electron chi connectivity index (χ1n) is 9.15. The Labute approximate surface area is 166 Å². The third kappa shape index (κ3) is 4.84. The summed E-state index contributed by atoms with van der Waals surface area (Å²) in [5.74, 6) is -0.464. The van der Waals surface area contributed by atoms with E-state index in [1.165, 1.54) is 6.07 Å². The number of nitro benzene ring substituents is 2. The van der Waals surface area contributed by atoms with Crippen LogP contribution in [0.1, 0.15) is 45.4 Å². The molecule has 11 heteroatoms. The molecule has 0 bridgehead atoms. The normalized spacial score (nSPS) is 19.9. The van der Waals surface area contributed by atoms with Gasteiger partial charge in [0.05, 0.1) is 34.3 Å². The van der Waals surface area contributed by atoms with Gasteiger partial charge in [0.2, 0.25) is 0 Å². The number of nitriles is 1. The van der Waals surface area contributed by atoms with Crippen LogP contribution in [0.3, 0.4) is 0 Å². The molecule has 2 rings (SSSR count). The smallest absolute Gasteiger partial charge is 0.317 e. The second-order valence-corrected chi connectivity index (χ2v) is 6.55. The van der Waals surface area contributed by atoms with Gasteiger partial charge in [-0.05, 0) is 38.7 Å². The van der Waals surface area contributed by atoms with Crippen LogP contribution < -0.4 is 5.43 Å². The average Bonchev–Trinajstić information content (AvgIpc) is 2.71. The van der Waals surface area contributed by atoms with Crippen molar-refractivity contribution in [2.75, 3.05) is 12.0 Å². The van der Waals surface area contributed by atoms with E-state index in [0.717, 1.165) is 25.0 Å². The molecule has 0 heterocycles. The Kier molecular flexibility index (Phi) is 7.19. The number of ether oxygens (including phenoxy) is 1. The first-order chi connectivity index (χ1) is 13.9. The summed E-state index contributed by atoms with van der Waals surface area (Å²) in [5.41, 5.74) is 1.04. The fourth-order valence-corrected chi connectivity index (χ4v) is 3.40. The van der Waals surface area contributed by atoms with Gasteiger partial charge in [-0.15, -0.1) is 0 Å². The lowest BCUT2D eigenvalue weighted by atomic mass is 9.69. The number of esters is 1. The summed E-state index contributed by atoms with van der Waals surface area (Å²) in [5, 5.41) is 35.4. The van der Waals surface area contributed by atoms with Gasteiger partial charge in [0.1, 0.15) is 11.1 Å². The van der Waals surface area contributed by atoms with Crippen LogP contribution in [0, 0.1) is 37.0 Å². The maximum atomic E-state index is 12.7. The van der Waals surface area contributed by atoms with E-state index < -0.39 is 32.6 Å². The van der Waals surface area contributed by atoms with Gasteiger partial charge in [0.25, 0.3) is 5.69 Å². The van der Waals surface area contributed by atoms with Crippen molar-refractivity contribution in [2.45, 2.75) is 45.4 Å². The number of hydrogen-bond donors (Lipinski definition) is 1.